The first-order valence-electron chi connectivity index (χ1n) is 8.81. The lowest BCUT2D eigenvalue weighted by molar-refractivity contribution is 0.561. The molecular weight excluding hydrogens is 393 g/mol. The fourth-order valence-electron chi connectivity index (χ4n) is 3.10. The first-order chi connectivity index (χ1) is 13.2. The first kappa shape index (κ1) is 20.3. The lowest BCUT2D eigenvalue weighted by Gasteiger charge is -2.18. The maximum Gasteiger partial charge on any atom is 0.130 e. The molecule has 0 spiro atoms. The zero-order valence-electron chi connectivity index (χ0n) is 15.4. The largest absolute Gasteiger partial charge is 0.336 e. The molecule has 4 aromatic rings. The summed E-state index contributed by atoms with van der Waals surface area (Å²) >= 11 is 1.72. The van der Waals surface area contributed by atoms with E-state index < -0.39 is 0 Å². The van der Waals surface area contributed by atoms with Crippen LogP contribution in [0.15, 0.2) is 79.1 Å². The highest BCUT2D eigenvalue weighted by Crippen LogP contribution is 2.29. The average Bonchev–Trinajstić information content (AvgIpc) is 3.33. The number of hydrogen-bond donors (Lipinski definition) is 1. The third-order valence-corrected chi connectivity index (χ3v) is 5.65. The molecule has 2 aromatic heterocycles. The Bertz CT molecular complexity index is 1010. The van der Waals surface area contributed by atoms with Crippen molar-refractivity contribution in [3.63, 3.8) is 0 Å². The normalized spacial score (nSPS) is 11.8. The Morgan fingerprint density at radius 2 is 1.79 bits per heavy atom. The van der Waals surface area contributed by atoms with Gasteiger partial charge in [-0.1, -0.05) is 42.5 Å². The van der Waals surface area contributed by atoms with Crippen LogP contribution in [-0.4, -0.2) is 9.55 Å². The summed E-state index contributed by atoms with van der Waals surface area (Å²) in [7, 11) is 2.01. The minimum atomic E-state index is -0.210. The van der Waals surface area contributed by atoms with Crippen LogP contribution in [0.3, 0.4) is 0 Å². The Hall–Kier alpha value is -2.47. The number of hydrogen-bond acceptors (Lipinski definition) is 3. The quantitative estimate of drug-likeness (QED) is 0.446. The van der Waals surface area contributed by atoms with Gasteiger partial charge in [-0.15, -0.1) is 23.7 Å². The summed E-state index contributed by atoms with van der Waals surface area (Å²) in [5, 5.41) is 3.64. The molecule has 1 atom stereocenters. The van der Waals surface area contributed by atoms with Crippen LogP contribution in [0.25, 0.3) is 10.4 Å². The van der Waals surface area contributed by atoms with E-state index in [2.05, 4.69) is 34.6 Å². The van der Waals surface area contributed by atoms with Crippen molar-refractivity contribution >= 4 is 23.7 Å². The highest BCUT2D eigenvalue weighted by atomic mass is 35.5. The highest BCUT2D eigenvalue weighted by molar-refractivity contribution is 7.15. The monoisotopic (exact) mass is 413 g/mol. The van der Waals surface area contributed by atoms with Crippen molar-refractivity contribution in [3.05, 3.63) is 101 Å². The Labute approximate surface area is 174 Å². The number of aromatic nitrogens is 2. The van der Waals surface area contributed by atoms with E-state index >= 15 is 0 Å². The van der Waals surface area contributed by atoms with Gasteiger partial charge < -0.3 is 4.57 Å². The SMILES string of the molecule is Cl.Cn1ccnc1C(NCc1ccc(-c2ccc(F)cc2)s1)c1ccccc1. The standard InChI is InChI=1S/C22H20FN3S.ClH/c1-26-14-13-24-22(26)21(17-5-3-2-4-6-17)25-15-19-11-12-20(27-19)16-7-9-18(23)10-8-16;/h2-14,21,25H,15H2,1H3;1H. The van der Waals surface area contributed by atoms with Gasteiger partial charge in [0, 0.05) is 35.7 Å². The van der Waals surface area contributed by atoms with Gasteiger partial charge in [-0.2, -0.15) is 0 Å². The van der Waals surface area contributed by atoms with E-state index in [1.807, 2.05) is 54.3 Å². The molecule has 2 heterocycles. The van der Waals surface area contributed by atoms with Crippen molar-refractivity contribution in [2.45, 2.75) is 12.6 Å². The van der Waals surface area contributed by atoms with Crippen molar-refractivity contribution in [1.82, 2.24) is 14.9 Å². The van der Waals surface area contributed by atoms with E-state index in [0.29, 0.717) is 0 Å². The molecule has 0 saturated carbocycles. The molecule has 0 aliphatic heterocycles. The van der Waals surface area contributed by atoms with Gasteiger partial charge in [-0.3, -0.25) is 5.32 Å². The third-order valence-electron chi connectivity index (χ3n) is 4.52. The van der Waals surface area contributed by atoms with Gasteiger partial charge >= 0.3 is 0 Å². The summed E-state index contributed by atoms with van der Waals surface area (Å²) < 4.78 is 15.2. The Morgan fingerprint density at radius 1 is 1.04 bits per heavy atom. The van der Waals surface area contributed by atoms with Crippen molar-refractivity contribution in [2.75, 3.05) is 0 Å². The summed E-state index contributed by atoms with van der Waals surface area (Å²) in [6.07, 6.45) is 3.79. The molecule has 0 radical (unpaired) electrons. The van der Waals surface area contributed by atoms with E-state index in [1.54, 1.807) is 11.3 Å². The molecule has 0 bridgehead atoms. The Morgan fingerprint density at radius 3 is 2.46 bits per heavy atom. The number of thiophene rings is 1. The van der Waals surface area contributed by atoms with Crippen LogP contribution in [-0.2, 0) is 13.6 Å². The summed E-state index contributed by atoms with van der Waals surface area (Å²) in [5.74, 6) is 0.773. The molecular formula is C22H21ClFN3S. The minimum absolute atomic E-state index is 0. The molecule has 3 nitrogen and oxygen atoms in total. The van der Waals surface area contributed by atoms with Crippen LogP contribution in [0.1, 0.15) is 22.3 Å². The van der Waals surface area contributed by atoms with Gasteiger partial charge in [0.05, 0.1) is 6.04 Å². The predicted octanol–water partition coefficient (Wildman–Crippen LogP) is 5.59. The van der Waals surface area contributed by atoms with Gasteiger partial charge in [-0.05, 0) is 35.4 Å². The molecule has 144 valence electrons. The van der Waals surface area contributed by atoms with Crippen LogP contribution >= 0.6 is 23.7 Å². The predicted molar refractivity (Wildman–Crippen MR) is 115 cm³/mol. The lowest BCUT2D eigenvalue weighted by atomic mass is 10.1. The molecule has 2 aromatic carbocycles. The van der Waals surface area contributed by atoms with Crippen molar-refractivity contribution in [3.8, 4) is 10.4 Å². The van der Waals surface area contributed by atoms with Crippen LogP contribution in [0, 0.1) is 5.82 Å². The molecule has 0 aliphatic rings. The molecule has 1 unspecified atom stereocenters. The molecule has 0 aliphatic carbocycles. The van der Waals surface area contributed by atoms with Gasteiger partial charge in [-0.25, -0.2) is 9.37 Å². The fraction of sp³-hybridized carbons (Fsp3) is 0.136. The maximum absolute atomic E-state index is 13.1. The number of rotatable bonds is 6. The second-order valence-electron chi connectivity index (χ2n) is 6.39. The lowest BCUT2D eigenvalue weighted by Crippen LogP contribution is -2.24. The van der Waals surface area contributed by atoms with Crippen LogP contribution in [0.4, 0.5) is 4.39 Å². The van der Waals surface area contributed by atoms with Crippen molar-refractivity contribution in [1.29, 1.82) is 0 Å². The Kier molecular flexibility index (Phi) is 6.62. The first-order valence-corrected chi connectivity index (χ1v) is 9.62. The Balaban J connectivity index is 0.00000225. The number of nitrogens with one attached hydrogen (secondary N) is 1. The van der Waals surface area contributed by atoms with Gasteiger partial charge in [0.25, 0.3) is 0 Å². The molecule has 0 fully saturated rings. The number of halogens is 2. The fourth-order valence-corrected chi connectivity index (χ4v) is 4.07. The summed E-state index contributed by atoms with van der Waals surface area (Å²) in [6, 6.07) is 21.2. The molecule has 1 N–H and O–H groups in total. The summed E-state index contributed by atoms with van der Waals surface area (Å²) in [6.45, 7) is 0.734. The molecule has 0 saturated heterocycles. The molecule has 6 heteroatoms. The number of aryl methyl sites for hydroxylation is 1. The number of imidazole rings is 1. The highest BCUT2D eigenvalue weighted by Gasteiger charge is 2.18. The molecule has 0 amide bonds. The third kappa shape index (κ3) is 4.50. The molecule has 28 heavy (non-hydrogen) atoms. The number of benzene rings is 2. The maximum atomic E-state index is 13.1. The van der Waals surface area contributed by atoms with E-state index in [0.717, 1.165) is 22.8 Å². The topological polar surface area (TPSA) is 29.9 Å². The van der Waals surface area contributed by atoms with Gasteiger partial charge in [0.2, 0.25) is 0 Å². The van der Waals surface area contributed by atoms with Crippen molar-refractivity contribution in [2.24, 2.45) is 7.05 Å². The average molecular weight is 414 g/mol. The minimum Gasteiger partial charge on any atom is -0.336 e. The summed E-state index contributed by atoms with van der Waals surface area (Å²) in [5.41, 5.74) is 2.22. The van der Waals surface area contributed by atoms with E-state index in [-0.39, 0.29) is 24.3 Å². The van der Waals surface area contributed by atoms with Gasteiger partial charge in [0.15, 0.2) is 0 Å². The van der Waals surface area contributed by atoms with E-state index in [9.17, 15) is 4.39 Å². The van der Waals surface area contributed by atoms with E-state index in [4.69, 9.17) is 0 Å². The van der Waals surface area contributed by atoms with Crippen LogP contribution in [0.2, 0.25) is 0 Å². The van der Waals surface area contributed by atoms with Crippen LogP contribution in [0.5, 0.6) is 0 Å². The van der Waals surface area contributed by atoms with Crippen molar-refractivity contribution < 1.29 is 4.39 Å². The van der Waals surface area contributed by atoms with Gasteiger partial charge in [0.1, 0.15) is 11.6 Å². The smallest absolute Gasteiger partial charge is 0.130 e. The number of nitrogens with zero attached hydrogens (tertiary/aromatic N) is 2. The zero-order chi connectivity index (χ0) is 18.6. The van der Waals surface area contributed by atoms with E-state index in [1.165, 1.54) is 22.6 Å². The second kappa shape index (κ2) is 9.15. The zero-order valence-corrected chi connectivity index (χ0v) is 17.0. The van der Waals surface area contributed by atoms with Crippen LogP contribution < -0.4 is 5.32 Å². The molecule has 4 rings (SSSR count). The summed E-state index contributed by atoms with van der Waals surface area (Å²) in [4.78, 5) is 6.90. The second-order valence-corrected chi connectivity index (χ2v) is 7.56.